The molecule has 0 radical (unpaired) electrons. The SMILES string of the molecule is CC/C=C\C/C=C\C/C=C\C/C=C\CCCCCCCOCC(COP(=O)(O)OCC(N)C(=O)O)OC(=O)CCCCCCC/C=C\C/C=C\C/C=C\CC. The van der Waals surface area contributed by atoms with Crippen LogP contribution in [0.3, 0.4) is 0 Å². The number of phosphoric acid groups is 1. The van der Waals surface area contributed by atoms with Crippen LogP contribution in [0, 0.1) is 0 Å². The summed E-state index contributed by atoms with van der Waals surface area (Å²) >= 11 is 0. The molecule has 0 aliphatic rings. The van der Waals surface area contributed by atoms with Crippen molar-refractivity contribution in [3.05, 3.63) is 85.1 Å². The predicted octanol–water partition coefficient (Wildman–Crippen LogP) is 11.2. The molecule has 0 rings (SSSR count). The maximum Gasteiger partial charge on any atom is 0.472 e. The molecular formula is C44H74NO9P. The lowest BCUT2D eigenvalue weighted by atomic mass is 10.1. The van der Waals surface area contributed by atoms with Gasteiger partial charge in [0.25, 0.3) is 0 Å². The number of allylic oxidation sites excluding steroid dienone is 14. The molecule has 55 heavy (non-hydrogen) atoms. The summed E-state index contributed by atoms with van der Waals surface area (Å²) in [7, 11) is -4.63. The van der Waals surface area contributed by atoms with E-state index in [1.807, 2.05) is 0 Å². The summed E-state index contributed by atoms with van der Waals surface area (Å²) in [4.78, 5) is 33.5. The second-order valence-corrected chi connectivity index (χ2v) is 14.8. The van der Waals surface area contributed by atoms with Gasteiger partial charge in [0.1, 0.15) is 12.1 Å². The van der Waals surface area contributed by atoms with Gasteiger partial charge in [0, 0.05) is 13.0 Å². The Balaban J connectivity index is 4.35. The molecule has 3 unspecified atom stereocenters. The van der Waals surface area contributed by atoms with Crippen LogP contribution in [0.5, 0.6) is 0 Å². The highest BCUT2D eigenvalue weighted by molar-refractivity contribution is 7.47. The largest absolute Gasteiger partial charge is 0.480 e. The lowest BCUT2D eigenvalue weighted by Gasteiger charge is -2.20. The van der Waals surface area contributed by atoms with Crippen LogP contribution in [0.2, 0.25) is 0 Å². The molecule has 11 heteroatoms. The minimum absolute atomic E-state index is 0.00851. The maximum absolute atomic E-state index is 12.6. The Labute approximate surface area is 333 Å². The number of carbonyl (C=O) groups is 2. The standard InChI is InChI=1S/C44H74NO9P/c1-3-5-7-9-11-13-15-17-19-20-21-23-25-27-29-31-33-35-37-51-38-41(39-52-55(49,50)53-40-42(45)44(47)48)54-43(46)36-34-32-30-28-26-24-22-18-16-14-12-10-8-6-4-2/h5-8,11-14,17-19,21-23,41-42H,3-4,9-10,15-16,20,24-40,45H2,1-2H3,(H,47,48)(H,49,50)/b7-5-,8-6-,13-11-,14-12-,19-17-,22-18-,23-21-. The van der Waals surface area contributed by atoms with E-state index >= 15 is 0 Å². The first kappa shape index (κ1) is 52.2. The number of unbranched alkanes of at least 4 members (excludes halogenated alkanes) is 10. The van der Waals surface area contributed by atoms with Gasteiger partial charge in [-0.15, -0.1) is 0 Å². The van der Waals surface area contributed by atoms with Gasteiger partial charge in [-0.3, -0.25) is 18.6 Å². The van der Waals surface area contributed by atoms with Crippen molar-refractivity contribution in [2.45, 2.75) is 154 Å². The van der Waals surface area contributed by atoms with Crippen LogP contribution in [0.15, 0.2) is 85.1 Å². The number of hydrogen-bond acceptors (Lipinski definition) is 8. The van der Waals surface area contributed by atoms with E-state index in [9.17, 15) is 19.0 Å². The van der Waals surface area contributed by atoms with Crippen molar-refractivity contribution in [3.8, 4) is 0 Å². The van der Waals surface area contributed by atoms with Crippen LogP contribution in [-0.4, -0.2) is 60.5 Å². The molecule has 0 amide bonds. The third-order valence-electron chi connectivity index (χ3n) is 8.17. The summed E-state index contributed by atoms with van der Waals surface area (Å²) in [6.07, 6.45) is 49.2. The number of carbonyl (C=O) groups excluding carboxylic acids is 1. The number of aliphatic carboxylic acids is 1. The summed E-state index contributed by atoms with van der Waals surface area (Å²) < 4.78 is 33.3. The zero-order valence-electron chi connectivity index (χ0n) is 34.0. The highest BCUT2D eigenvalue weighted by atomic mass is 31.2. The Morgan fingerprint density at radius 3 is 1.49 bits per heavy atom. The molecule has 0 bridgehead atoms. The second kappa shape index (κ2) is 39.4. The summed E-state index contributed by atoms with van der Waals surface area (Å²) in [5.41, 5.74) is 5.35. The van der Waals surface area contributed by atoms with E-state index < -0.39 is 45.1 Å². The number of hydrogen-bond donors (Lipinski definition) is 3. The van der Waals surface area contributed by atoms with E-state index in [0.717, 1.165) is 116 Å². The van der Waals surface area contributed by atoms with Crippen LogP contribution in [0.4, 0.5) is 0 Å². The topological polar surface area (TPSA) is 155 Å². The van der Waals surface area contributed by atoms with Gasteiger partial charge < -0.3 is 25.2 Å². The van der Waals surface area contributed by atoms with E-state index in [1.54, 1.807) is 0 Å². The van der Waals surface area contributed by atoms with Gasteiger partial charge in [-0.25, -0.2) is 4.57 Å². The molecule has 0 aromatic heterocycles. The number of nitrogens with two attached hydrogens (primary N) is 1. The lowest BCUT2D eigenvalue weighted by molar-refractivity contribution is -0.154. The zero-order valence-corrected chi connectivity index (χ0v) is 34.9. The van der Waals surface area contributed by atoms with Gasteiger partial charge in [0.15, 0.2) is 0 Å². The Kier molecular flexibility index (Phi) is 37.3. The molecule has 0 spiro atoms. The van der Waals surface area contributed by atoms with Crippen molar-refractivity contribution >= 4 is 19.8 Å². The first-order valence-electron chi connectivity index (χ1n) is 20.6. The summed E-state index contributed by atoms with van der Waals surface area (Å²) in [6.45, 7) is 3.56. The highest BCUT2D eigenvalue weighted by Crippen LogP contribution is 2.43. The van der Waals surface area contributed by atoms with Crippen LogP contribution < -0.4 is 5.73 Å². The first-order chi connectivity index (χ1) is 26.7. The van der Waals surface area contributed by atoms with Gasteiger partial charge in [-0.1, -0.05) is 137 Å². The molecule has 314 valence electrons. The van der Waals surface area contributed by atoms with Gasteiger partial charge >= 0.3 is 19.8 Å². The average Bonchev–Trinajstić information content (AvgIpc) is 3.16. The van der Waals surface area contributed by atoms with E-state index in [-0.39, 0.29) is 13.0 Å². The molecule has 0 aliphatic carbocycles. The third kappa shape index (κ3) is 39.2. The van der Waals surface area contributed by atoms with Crippen LogP contribution in [0.1, 0.15) is 142 Å². The second-order valence-electron chi connectivity index (χ2n) is 13.3. The Hall–Kier alpha value is -2.85. The Bertz CT molecular complexity index is 1190. The van der Waals surface area contributed by atoms with E-state index in [2.05, 4.69) is 98.9 Å². The van der Waals surface area contributed by atoms with Crippen molar-refractivity contribution in [1.29, 1.82) is 0 Å². The molecule has 0 heterocycles. The smallest absolute Gasteiger partial charge is 0.472 e. The molecule has 0 aromatic carbocycles. The van der Waals surface area contributed by atoms with E-state index in [1.165, 1.54) is 0 Å². The predicted molar refractivity (Wildman–Crippen MR) is 226 cm³/mol. The summed E-state index contributed by atoms with van der Waals surface area (Å²) in [5, 5.41) is 8.89. The van der Waals surface area contributed by atoms with Crippen molar-refractivity contribution < 1.29 is 42.7 Å². The highest BCUT2D eigenvalue weighted by Gasteiger charge is 2.27. The van der Waals surface area contributed by atoms with Crippen LogP contribution in [0.25, 0.3) is 0 Å². The van der Waals surface area contributed by atoms with Gasteiger partial charge in [0.2, 0.25) is 0 Å². The summed E-state index contributed by atoms with van der Waals surface area (Å²) in [6, 6.07) is -1.48. The first-order valence-corrected chi connectivity index (χ1v) is 22.1. The fourth-order valence-electron chi connectivity index (χ4n) is 5.02. The molecule has 4 N–H and O–H groups in total. The summed E-state index contributed by atoms with van der Waals surface area (Å²) in [5.74, 6) is -1.81. The average molecular weight is 792 g/mol. The normalized spacial score (nSPS) is 14.8. The quantitative estimate of drug-likeness (QED) is 0.0238. The van der Waals surface area contributed by atoms with E-state index in [4.69, 9.17) is 29.4 Å². The van der Waals surface area contributed by atoms with Gasteiger partial charge in [-0.2, -0.15) is 0 Å². The monoisotopic (exact) mass is 792 g/mol. The maximum atomic E-state index is 12.6. The molecule has 0 fully saturated rings. The molecule has 0 saturated carbocycles. The van der Waals surface area contributed by atoms with Crippen molar-refractivity contribution in [2.24, 2.45) is 5.73 Å². The third-order valence-corrected chi connectivity index (χ3v) is 9.12. The molecule has 0 aliphatic heterocycles. The van der Waals surface area contributed by atoms with Crippen LogP contribution in [-0.2, 0) is 32.7 Å². The van der Waals surface area contributed by atoms with Crippen molar-refractivity contribution in [3.63, 3.8) is 0 Å². The molecular weight excluding hydrogens is 717 g/mol. The lowest BCUT2D eigenvalue weighted by Crippen LogP contribution is -2.34. The minimum atomic E-state index is -4.63. The van der Waals surface area contributed by atoms with E-state index in [0.29, 0.717) is 13.0 Å². The molecule has 3 atom stereocenters. The fourth-order valence-corrected chi connectivity index (χ4v) is 5.80. The molecule has 10 nitrogen and oxygen atoms in total. The zero-order chi connectivity index (χ0) is 40.5. The fraction of sp³-hybridized carbons (Fsp3) is 0.636. The number of rotatable bonds is 38. The number of carboxylic acid groups (broad SMARTS) is 1. The Morgan fingerprint density at radius 1 is 0.582 bits per heavy atom. The number of esters is 1. The van der Waals surface area contributed by atoms with Crippen molar-refractivity contribution in [1.82, 2.24) is 0 Å². The minimum Gasteiger partial charge on any atom is -0.480 e. The Morgan fingerprint density at radius 2 is 1.00 bits per heavy atom. The number of ether oxygens (including phenoxy) is 2. The van der Waals surface area contributed by atoms with Crippen LogP contribution >= 0.6 is 7.82 Å². The molecule has 0 saturated heterocycles. The van der Waals surface area contributed by atoms with Crippen molar-refractivity contribution in [2.75, 3.05) is 26.4 Å². The number of carboxylic acids is 1. The van der Waals surface area contributed by atoms with Gasteiger partial charge in [-0.05, 0) is 83.5 Å². The molecule has 0 aromatic rings. The van der Waals surface area contributed by atoms with Gasteiger partial charge in [0.05, 0.1) is 19.8 Å². The number of phosphoric ester groups is 1.